The van der Waals surface area contributed by atoms with E-state index in [0.717, 1.165) is 32.5 Å². The van der Waals surface area contributed by atoms with E-state index in [-0.39, 0.29) is 29.8 Å². The molecule has 1 amide bonds. The van der Waals surface area contributed by atoms with E-state index >= 15 is 0 Å². The van der Waals surface area contributed by atoms with Crippen molar-refractivity contribution in [1.82, 2.24) is 9.80 Å². The minimum atomic E-state index is -0.186. The molecule has 6 heteroatoms. The molecule has 1 aliphatic rings. The number of aromatic hydroxyl groups is 2. The van der Waals surface area contributed by atoms with Crippen LogP contribution >= 0.6 is 12.4 Å². The number of hydrogen-bond acceptors (Lipinski definition) is 4. The van der Waals surface area contributed by atoms with Crippen LogP contribution in [0.5, 0.6) is 11.5 Å². The first-order valence-electron chi connectivity index (χ1n) is 7.59. The second-order valence-electron chi connectivity index (χ2n) is 6.05. The van der Waals surface area contributed by atoms with Crippen molar-refractivity contribution in [2.24, 2.45) is 5.92 Å². The number of benzene rings is 1. The summed E-state index contributed by atoms with van der Waals surface area (Å²) in [6.07, 6.45) is 5.40. The van der Waals surface area contributed by atoms with Crippen LogP contribution < -0.4 is 0 Å². The highest BCUT2D eigenvalue weighted by Crippen LogP contribution is 2.25. The lowest BCUT2D eigenvalue weighted by molar-refractivity contribution is -0.125. The number of hydrogen-bond donors (Lipinski definition) is 2. The van der Waals surface area contributed by atoms with Gasteiger partial charge >= 0.3 is 0 Å². The van der Waals surface area contributed by atoms with Crippen molar-refractivity contribution in [1.29, 1.82) is 0 Å². The van der Waals surface area contributed by atoms with E-state index in [2.05, 4.69) is 11.9 Å². The van der Waals surface area contributed by atoms with Crippen molar-refractivity contribution in [3.8, 4) is 11.5 Å². The van der Waals surface area contributed by atoms with Gasteiger partial charge in [0.05, 0.1) is 0 Å². The maximum Gasteiger partial charge on any atom is 0.246 e. The van der Waals surface area contributed by atoms with Gasteiger partial charge in [0.1, 0.15) is 0 Å². The van der Waals surface area contributed by atoms with Gasteiger partial charge in [0.2, 0.25) is 5.91 Å². The number of rotatable bonds is 4. The first-order valence-corrected chi connectivity index (χ1v) is 7.59. The summed E-state index contributed by atoms with van der Waals surface area (Å²) in [7, 11) is 3.94. The molecule has 0 atom stereocenters. The number of amides is 1. The molecule has 1 aromatic carbocycles. The average molecular weight is 341 g/mol. The van der Waals surface area contributed by atoms with Crippen LogP contribution in [0.15, 0.2) is 24.3 Å². The van der Waals surface area contributed by atoms with Crippen molar-refractivity contribution >= 4 is 24.4 Å². The molecule has 0 aliphatic carbocycles. The fourth-order valence-electron chi connectivity index (χ4n) is 2.66. The lowest BCUT2D eigenvalue weighted by Gasteiger charge is -2.31. The molecule has 5 nitrogen and oxygen atoms in total. The molecule has 0 bridgehead atoms. The second kappa shape index (κ2) is 8.79. The summed E-state index contributed by atoms with van der Waals surface area (Å²) in [5.74, 6) is 0.167. The first kappa shape index (κ1) is 19.3. The highest BCUT2D eigenvalue weighted by molar-refractivity contribution is 5.91. The van der Waals surface area contributed by atoms with Crippen molar-refractivity contribution < 1.29 is 15.0 Å². The summed E-state index contributed by atoms with van der Waals surface area (Å²) >= 11 is 0. The van der Waals surface area contributed by atoms with Crippen molar-refractivity contribution in [2.75, 3.05) is 33.7 Å². The van der Waals surface area contributed by atoms with Crippen LogP contribution in [0.4, 0.5) is 0 Å². The average Bonchev–Trinajstić information content (AvgIpc) is 2.50. The molecule has 0 aromatic heterocycles. The van der Waals surface area contributed by atoms with E-state index in [0.29, 0.717) is 11.5 Å². The molecule has 1 aliphatic heterocycles. The monoisotopic (exact) mass is 340 g/mol. The van der Waals surface area contributed by atoms with Crippen molar-refractivity contribution in [3.63, 3.8) is 0 Å². The van der Waals surface area contributed by atoms with Crippen LogP contribution in [-0.2, 0) is 4.79 Å². The van der Waals surface area contributed by atoms with Gasteiger partial charge in [-0.25, -0.2) is 0 Å². The molecule has 128 valence electrons. The Balaban J connectivity index is 0.00000264. The predicted octanol–water partition coefficient (Wildman–Crippen LogP) is 2.33. The third-order valence-electron chi connectivity index (χ3n) is 4.16. The van der Waals surface area contributed by atoms with Crippen molar-refractivity contribution in [2.45, 2.75) is 12.8 Å². The summed E-state index contributed by atoms with van der Waals surface area (Å²) in [5.41, 5.74) is 0.677. The van der Waals surface area contributed by atoms with Gasteiger partial charge in [0.25, 0.3) is 0 Å². The summed E-state index contributed by atoms with van der Waals surface area (Å²) < 4.78 is 0. The number of phenolic OH excluding ortho intramolecular Hbond substituents is 2. The van der Waals surface area contributed by atoms with Gasteiger partial charge in [0.15, 0.2) is 11.5 Å². The first-order chi connectivity index (χ1) is 10.5. The molecule has 0 spiro atoms. The number of likely N-dealkylation sites (N-methyl/N-ethyl adjacent to an activating group) is 1. The summed E-state index contributed by atoms with van der Waals surface area (Å²) in [6.45, 7) is 2.96. The van der Waals surface area contributed by atoms with E-state index in [1.807, 2.05) is 7.05 Å². The Morgan fingerprint density at radius 2 is 1.96 bits per heavy atom. The lowest BCUT2D eigenvalue weighted by Crippen LogP contribution is -2.37. The third-order valence-corrected chi connectivity index (χ3v) is 4.16. The van der Waals surface area contributed by atoms with Crippen molar-refractivity contribution in [3.05, 3.63) is 29.8 Å². The zero-order valence-electron chi connectivity index (χ0n) is 13.6. The van der Waals surface area contributed by atoms with E-state index in [1.165, 1.54) is 18.2 Å². The molecular weight excluding hydrogens is 316 g/mol. The van der Waals surface area contributed by atoms with Crippen LogP contribution in [0.1, 0.15) is 18.4 Å². The Hall–Kier alpha value is -1.72. The number of phenols is 2. The second-order valence-corrected chi connectivity index (χ2v) is 6.05. The molecular formula is C17H25ClN2O3. The minimum absolute atomic E-state index is 0. The number of carbonyl (C=O) groups excluding carboxylic acids is 1. The molecule has 0 saturated carbocycles. The number of likely N-dealkylation sites (tertiary alicyclic amines) is 1. The lowest BCUT2D eigenvalue weighted by atomic mass is 9.96. The van der Waals surface area contributed by atoms with E-state index in [4.69, 9.17) is 0 Å². The third kappa shape index (κ3) is 5.77. The molecule has 0 unspecified atom stereocenters. The Bertz CT molecular complexity index is 555. The van der Waals surface area contributed by atoms with Gasteiger partial charge < -0.3 is 20.0 Å². The summed E-state index contributed by atoms with van der Waals surface area (Å²) in [5, 5.41) is 18.7. The Labute approximate surface area is 143 Å². The van der Waals surface area contributed by atoms with Gasteiger partial charge in [-0.3, -0.25) is 4.79 Å². The minimum Gasteiger partial charge on any atom is -0.504 e. The summed E-state index contributed by atoms with van der Waals surface area (Å²) in [6, 6.07) is 4.48. The van der Waals surface area contributed by atoms with Gasteiger partial charge in [-0.2, -0.15) is 0 Å². The normalized spacial score (nSPS) is 16.3. The highest BCUT2D eigenvalue weighted by atomic mass is 35.5. The van der Waals surface area contributed by atoms with Gasteiger partial charge in [-0.15, -0.1) is 12.4 Å². The quantitative estimate of drug-likeness (QED) is 0.652. The largest absolute Gasteiger partial charge is 0.504 e. The summed E-state index contributed by atoms with van der Waals surface area (Å²) in [4.78, 5) is 16.2. The topological polar surface area (TPSA) is 64.0 Å². The van der Waals surface area contributed by atoms with Crippen LogP contribution in [0.2, 0.25) is 0 Å². The number of nitrogens with zero attached hydrogens (tertiary/aromatic N) is 2. The van der Waals surface area contributed by atoms with Crippen LogP contribution in [-0.4, -0.2) is 59.6 Å². The Morgan fingerprint density at radius 1 is 1.30 bits per heavy atom. The standard InChI is InChI=1S/C17H24N2O3.ClH/c1-18-9-7-14(8-10-18)12-19(2)17(22)6-4-13-3-5-15(20)16(21)11-13;/h3-6,11,14,20-21H,7-10,12H2,1-2H3;1H/b6-4+;. The SMILES string of the molecule is CN1CCC(CN(C)C(=O)/C=C/c2ccc(O)c(O)c2)CC1.Cl. The van der Waals surface area contributed by atoms with Gasteiger partial charge in [-0.1, -0.05) is 6.07 Å². The fraction of sp³-hybridized carbons (Fsp3) is 0.471. The molecule has 1 aromatic rings. The van der Waals surface area contributed by atoms with Crippen LogP contribution in [0.25, 0.3) is 6.08 Å². The van der Waals surface area contributed by atoms with Gasteiger partial charge in [0, 0.05) is 19.7 Å². The molecule has 23 heavy (non-hydrogen) atoms. The highest BCUT2D eigenvalue weighted by Gasteiger charge is 2.19. The number of carbonyl (C=O) groups is 1. The number of piperidine rings is 1. The maximum absolute atomic E-state index is 12.1. The van der Waals surface area contributed by atoms with E-state index < -0.39 is 0 Å². The zero-order valence-corrected chi connectivity index (χ0v) is 14.4. The van der Waals surface area contributed by atoms with Crippen LogP contribution in [0, 0.1) is 5.92 Å². The molecule has 1 heterocycles. The molecule has 2 rings (SSSR count). The molecule has 1 fully saturated rings. The fourth-order valence-corrected chi connectivity index (χ4v) is 2.66. The van der Waals surface area contributed by atoms with E-state index in [9.17, 15) is 15.0 Å². The molecule has 0 radical (unpaired) electrons. The number of halogens is 1. The van der Waals surface area contributed by atoms with Crippen LogP contribution in [0.3, 0.4) is 0 Å². The zero-order chi connectivity index (χ0) is 16.1. The Morgan fingerprint density at radius 3 is 2.57 bits per heavy atom. The van der Waals surface area contributed by atoms with Gasteiger partial charge in [-0.05, 0) is 62.7 Å². The Kier molecular flexibility index (Phi) is 7.39. The molecule has 1 saturated heterocycles. The smallest absolute Gasteiger partial charge is 0.246 e. The predicted molar refractivity (Wildman–Crippen MR) is 93.9 cm³/mol. The molecule has 2 N–H and O–H groups in total. The maximum atomic E-state index is 12.1. The van der Waals surface area contributed by atoms with E-state index in [1.54, 1.807) is 17.0 Å².